The third-order valence-corrected chi connectivity index (χ3v) is 4.83. The molecule has 25 heavy (non-hydrogen) atoms. The number of ether oxygens (including phenoxy) is 1. The Balaban J connectivity index is 2.01. The van der Waals surface area contributed by atoms with Crippen LogP contribution in [0.4, 0.5) is 0 Å². The van der Waals surface area contributed by atoms with Gasteiger partial charge in [-0.1, -0.05) is 35.9 Å². The van der Waals surface area contributed by atoms with Crippen molar-refractivity contribution in [2.45, 2.75) is 24.9 Å². The fraction of sp³-hybridized carbons (Fsp3) is 0.263. The van der Waals surface area contributed by atoms with Gasteiger partial charge in [-0.15, -0.1) is 0 Å². The van der Waals surface area contributed by atoms with E-state index >= 15 is 0 Å². The van der Waals surface area contributed by atoms with Gasteiger partial charge in [0.15, 0.2) is 0 Å². The van der Waals surface area contributed by atoms with Gasteiger partial charge < -0.3 is 14.7 Å². The zero-order chi connectivity index (χ0) is 18.0. The minimum absolute atomic E-state index is 0.339. The van der Waals surface area contributed by atoms with Gasteiger partial charge in [0.05, 0.1) is 13.2 Å². The Morgan fingerprint density at radius 2 is 1.92 bits per heavy atom. The van der Waals surface area contributed by atoms with Crippen LogP contribution in [0.5, 0.6) is 5.75 Å². The molecular formula is C19H18ClNO4. The minimum Gasteiger partial charge on any atom is -0.497 e. The average molecular weight is 360 g/mol. The van der Waals surface area contributed by atoms with Crippen LogP contribution in [0.2, 0.25) is 5.02 Å². The topological polar surface area (TPSA) is 66.8 Å². The van der Waals surface area contributed by atoms with Crippen LogP contribution in [0.25, 0.3) is 0 Å². The van der Waals surface area contributed by atoms with Crippen LogP contribution in [0, 0.1) is 0 Å². The van der Waals surface area contributed by atoms with Gasteiger partial charge in [0, 0.05) is 10.6 Å². The monoisotopic (exact) mass is 359 g/mol. The number of rotatable bonds is 4. The Morgan fingerprint density at radius 1 is 1.16 bits per heavy atom. The van der Waals surface area contributed by atoms with E-state index < -0.39 is 12.0 Å². The number of aliphatic carboxylic acids is 1. The molecule has 0 bridgehead atoms. The standard InChI is InChI=1S/C19H18ClNO4/c1-25-13-6-4-5-12(11-13)18(22)21-16(9-10-17(21)19(23)24)14-7-2-3-8-15(14)20/h2-8,11,16-17H,9-10H2,1H3,(H,23,24)/t16-,17-/m0/s1. The highest BCUT2D eigenvalue weighted by atomic mass is 35.5. The Morgan fingerprint density at radius 3 is 2.60 bits per heavy atom. The molecular weight excluding hydrogens is 342 g/mol. The van der Waals surface area contributed by atoms with Gasteiger partial charge in [0.1, 0.15) is 11.8 Å². The summed E-state index contributed by atoms with van der Waals surface area (Å²) in [5.41, 5.74) is 1.16. The molecule has 2 aromatic rings. The number of hydrogen-bond donors (Lipinski definition) is 1. The van der Waals surface area contributed by atoms with Crippen molar-refractivity contribution in [3.05, 3.63) is 64.7 Å². The van der Waals surface area contributed by atoms with Crippen LogP contribution in [0.3, 0.4) is 0 Å². The van der Waals surface area contributed by atoms with Gasteiger partial charge in [0.25, 0.3) is 5.91 Å². The number of hydrogen-bond acceptors (Lipinski definition) is 3. The molecule has 1 N–H and O–H groups in total. The molecule has 6 heteroatoms. The number of benzene rings is 2. The van der Waals surface area contributed by atoms with Gasteiger partial charge in [-0.05, 0) is 42.7 Å². The van der Waals surface area contributed by atoms with Crippen LogP contribution in [0.15, 0.2) is 48.5 Å². The van der Waals surface area contributed by atoms with Crippen LogP contribution in [0.1, 0.15) is 34.8 Å². The summed E-state index contributed by atoms with van der Waals surface area (Å²) >= 11 is 6.29. The summed E-state index contributed by atoms with van der Waals surface area (Å²) < 4.78 is 5.16. The van der Waals surface area contributed by atoms with Gasteiger partial charge in [-0.3, -0.25) is 4.79 Å². The van der Waals surface area contributed by atoms with E-state index in [9.17, 15) is 14.7 Å². The van der Waals surface area contributed by atoms with Crippen molar-refractivity contribution in [1.82, 2.24) is 4.90 Å². The van der Waals surface area contributed by atoms with E-state index in [-0.39, 0.29) is 11.9 Å². The average Bonchev–Trinajstić information content (AvgIpc) is 3.06. The smallest absolute Gasteiger partial charge is 0.326 e. The Kier molecular flexibility index (Phi) is 4.95. The van der Waals surface area contributed by atoms with Crippen molar-refractivity contribution < 1.29 is 19.4 Å². The number of nitrogens with zero attached hydrogens (tertiary/aromatic N) is 1. The zero-order valence-corrected chi connectivity index (χ0v) is 14.4. The molecule has 130 valence electrons. The SMILES string of the molecule is COc1cccc(C(=O)N2[C@H](C(=O)O)CC[C@H]2c2ccccc2Cl)c1. The zero-order valence-electron chi connectivity index (χ0n) is 13.7. The summed E-state index contributed by atoms with van der Waals surface area (Å²) in [6, 6.07) is 12.7. The second-order valence-electron chi connectivity index (χ2n) is 5.91. The van der Waals surface area contributed by atoms with Crippen LogP contribution in [-0.4, -0.2) is 35.0 Å². The third kappa shape index (κ3) is 3.33. The van der Waals surface area contributed by atoms with Crippen molar-refractivity contribution in [1.29, 1.82) is 0 Å². The predicted molar refractivity (Wildman–Crippen MR) is 94.0 cm³/mol. The second kappa shape index (κ2) is 7.15. The van der Waals surface area contributed by atoms with Crippen LogP contribution >= 0.6 is 11.6 Å². The molecule has 2 aromatic carbocycles. The molecule has 1 saturated heterocycles. The number of methoxy groups -OCH3 is 1. The van der Waals surface area contributed by atoms with Crippen molar-refractivity contribution in [3.63, 3.8) is 0 Å². The molecule has 1 aliphatic rings. The largest absolute Gasteiger partial charge is 0.497 e. The first-order valence-electron chi connectivity index (χ1n) is 7.97. The number of carbonyl (C=O) groups is 2. The Labute approximate surface area is 150 Å². The van der Waals surface area contributed by atoms with E-state index in [1.165, 1.54) is 12.0 Å². The van der Waals surface area contributed by atoms with Crippen molar-refractivity contribution in [2.24, 2.45) is 0 Å². The molecule has 0 unspecified atom stereocenters. The van der Waals surface area contributed by atoms with Gasteiger partial charge >= 0.3 is 5.97 Å². The summed E-state index contributed by atoms with van der Waals surface area (Å²) in [7, 11) is 1.52. The van der Waals surface area contributed by atoms with E-state index in [4.69, 9.17) is 16.3 Å². The van der Waals surface area contributed by atoms with E-state index in [0.717, 1.165) is 5.56 Å². The van der Waals surface area contributed by atoms with Crippen molar-refractivity contribution in [2.75, 3.05) is 7.11 Å². The molecule has 1 heterocycles. The van der Waals surface area contributed by atoms with E-state index in [2.05, 4.69) is 0 Å². The van der Waals surface area contributed by atoms with E-state index in [1.54, 1.807) is 30.3 Å². The summed E-state index contributed by atoms with van der Waals surface area (Å²) in [4.78, 5) is 26.2. The number of carbonyl (C=O) groups excluding carboxylic acids is 1. The summed E-state index contributed by atoms with van der Waals surface area (Å²) in [5.74, 6) is -0.800. The summed E-state index contributed by atoms with van der Waals surface area (Å²) in [6.07, 6.45) is 0.942. The first kappa shape index (κ1) is 17.3. The molecule has 0 saturated carbocycles. The van der Waals surface area contributed by atoms with Crippen molar-refractivity contribution >= 4 is 23.5 Å². The van der Waals surface area contributed by atoms with Crippen LogP contribution < -0.4 is 4.74 Å². The lowest BCUT2D eigenvalue weighted by molar-refractivity contribution is -0.141. The highest BCUT2D eigenvalue weighted by Gasteiger charge is 2.42. The minimum atomic E-state index is -1.01. The van der Waals surface area contributed by atoms with Gasteiger partial charge in [0.2, 0.25) is 0 Å². The van der Waals surface area contributed by atoms with E-state index in [1.807, 2.05) is 18.2 Å². The number of amides is 1. The molecule has 0 spiro atoms. The summed E-state index contributed by atoms with van der Waals surface area (Å²) in [5, 5.41) is 10.1. The van der Waals surface area contributed by atoms with Crippen LogP contribution in [-0.2, 0) is 4.79 Å². The molecule has 0 aliphatic carbocycles. The molecule has 3 rings (SSSR count). The quantitative estimate of drug-likeness (QED) is 0.902. The lowest BCUT2D eigenvalue weighted by atomic mass is 10.0. The maximum absolute atomic E-state index is 13.1. The molecule has 1 amide bonds. The predicted octanol–water partition coefficient (Wildman–Crippen LogP) is 3.78. The second-order valence-corrected chi connectivity index (χ2v) is 6.32. The first-order valence-corrected chi connectivity index (χ1v) is 8.34. The maximum Gasteiger partial charge on any atom is 0.326 e. The number of halogens is 1. The van der Waals surface area contributed by atoms with Crippen molar-refractivity contribution in [3.8, 4) is 5.75 Å². The number of carboxylic acids is 1. The molecule has 0 aromatic heterocycles. The van der Waals surface area contributed by atoms with E-state index in [0.29, 0.717) is 29.2 Å². The summed E-state index contributed by atoms with van der Waals surface area (Å²) in [6.45, 7) is 0. The molecule has 0 radical (unpaired) electrons. The molecule has 2 atom stereocenters. The van der Waals surface area contributed by atoms with Gasteiger partial charge in [-0.25, -0.2) is 4.79 Å². The lowest BCUT2D eigenvalue weighted by Crippen LogP contribution is -2.41. The maximum atomic E-state index is 13.1. The fourth-order valence-corrected chi connectivity index (χ4v) is 3.55. The fourth-order valence-electron chi connectivity index (χ4n) is 3.29. The molecule has 1 fully saturated rings. The molecule has 5 nitrogen and oxygen atoms in total. The molecule has 1 aliphatic heterocycles. The highest BCUT2D eigenvalue weighted by molar-refractivity contribution is 6.31. The number of carboxylic acid groups (broad SMARTS) is 1. The number of likely N-dealkylation sites (tertiary alicyclic amines) is 1. The highest BCUT2D eigenvalue weighted by Crippen LogP contribution is 2.40. The first-order chi connectivity index (χ1) is 12.0. The van der Waals surface area contributed by atoms with Gasteiger partial charge in [-0.2, -0.15) is 0 Å². The Bertz CT molecular complexity index is 808. The third-order valence-electron chi connectivity index (χ3n) is 4.49. The Hall–Kier alpha value is -2.53. The lowest BCUT2D eigenvalue weighted by Gasteiger charge is -2.29. The normalized spacial score (nSPS) is 19.7.